The summed E-state index contributed by atoms with van der Waals surface area (Å²) in [6, 6.07) is 16.4. The SMILES string of the molecule is COc1ccc(NC(=S)NCc2ccc(N3CCN(C)CC3)cc2)cc1. The van der Waals surface area contributed by atoms with Gasteiger partial charge in [0.15, 0.2) is 5.11 Å². The van der Waals surface area contributed by atoms with Gasteiger partial charge in [-0.15, -0.1) is 0 Å². The lowest BCUT2D eigenvalue weighted by Gasteiger charge is -2.34. The molecule has 2 aromatic rings. The van der Waals surface area contributed by atoms with Crippen LogP contribution in [0.25, 0.3) is 0 Å². The summed E-state index contributed by atoms with van der Waals surface area (Å²) >= 11 is 5.37. The van der Waals surface area contributed by atoms with E-state index in [1.807, 2.05) is 24.3 Å². The van der Waals surface area contributed by atoms with E-state index < -0.39 is 0 Å². The Hall–Kier alpha value is -2.31. The first-order chi connectivity index (χ1) is 12.6. The topological polar surface area (TPSA) is 39.8 Å². The van der Waals surface area contributed by atoms with Crippen molar-refractivity contribution in [2.75, 3.05) is 50.6 Å². The molecule has 1 aliphatic rings. The lowest BCUT2D eigenvalue weighted by molar-refractivity contribution is 0.313. The third-order valence-electron chi connectivity index (χ3n) is 4.61. The Kier molecular flexibility index (Phi) is 6.30. The minimum atomic E-state index is 0.610. The zero-order valence-corrected chi connectivity index (χ0v) is 16.2. The van der Waals surface area contributed by atoms with Crippen molar-refractivity contribution < 1.29 is 4.74 Å². The van der Waals surface area contributed by atoms with E-state index in [-0.39, 0.29) is 0 Å². The first kappa shape index (κ1) is 18.5. The maximum atomic E-state index is 5.37. The molecule has 0 aliphatic carbocycles. The number of methoxy groups -OCH3 is 1. The normalized spacial score (nSPS) is 14.8. The van der Waals surface area contributed by atoms with E-state index in [0.29, 0.717) is 11.7 Å². The van der Waals surface area contributed by atoms with E-state index in [4.69, 9.17) is 17.0 Å². The molecule has 0 aromatic heterocycles. The van der Waals surface area contributed by atoms with E-state index in [2.05, 4.69) is 51.7 Å². The Bertz CT molecular complexity index is 710. The number of piperazine rings is 1. The fourth-order valence-electron chi connectivity index (χ4n) is 2.92. The molecule has 2 aromatic carbocycles. The molecule has 3 rings (SSSR count). The van der Waals surface area contributed by atoms with Gasteiger partial charge in [0, 0.05) is 44.1 Å². The number of likely N-dealkylation sites (N-methyl/N-ethyl adjacent to an activating group) is 1. The number of ether oxygens (including phenoxy) is 1. The van der Waals surface area contributed by atoms with Crippen LogP contribution >= 0.6 is 12.2 Å². The van der Waals surface area contributed by atoms with Crippen LogP contribution in [0.15, 0.2) is 48.5 Å². The summed E-state index contributed by atoms with van der Waals surface area (Å²) in [6.07, 6.45) is 0. The fourth-order valence-corrected chi connectivity index (χ4v) is 3.11. The predicted molar refractivity (Wildman–Crippen MR) is 112 cm³/mol. The summed E-state index contributed by atoms with van der Waals surface area (Å²) in [5, 5.41) is 7.04. The van der Waals surface area contributed by atoms with Crippen molar-refractivity contribution in [2.45, 2.75) is 6.54 Å². The monoisotopic (exact) mass is 370 g/mol. The van der Waals surface area contributed by atoms with Crippen LogP contribution in [0.3, 0.4) is 0 Å². The van der Waals surface area contributed by atoms with Crippen molar-refractivity contribution in [1.29, 1.82) is 0 Å². The Morgan fingerprint density at radius 2 is 1.65 bits per heavy atom. The quantitative estimate of drug-likeness (QED) is 0.789. The van der Waals surface area contributed by atoms with Crippen molar-refractivity contribution in [2.24, 2.45) is 0 Å². The molecule has 1 fully saturated rings. The molecule has 0 spiro atoms. The van der Waals surface area contributed by atoms with Crippen LogP contribution in [-0.2, 0) is 6.54 Å². The number of nitrogens with one attached hydrogen (secondary N) is 2. The molecule has 0 bridgehead atoms. The van der Waals surface area contributed by atoms with Gasteiger partial charge in [0.1, 0.15) is 5.75 Å². The van der Waals surface area contributed by atoms with Crippen LogP contribution in [0.2, 0.25) is 0 Å². The number of hydrogen-bond donors (Lipinski definition) is 2. The van der Waals surface area contributed by atoms with Crippen LogP contribution in [0.5, 0.6) is 5.75 Å². The summed E-state index contributed by atoms with van der Waals surface area (Å²) in [6.45, 7) is 5.11. The molecule has 1 heterocycles. The second-order valence-electron chi connectivity index (χ2n) is 6.49. The molecule has 0 atom stereocenters. The fraction of sp³-hybridized carbons (Fsp3) is 0.350. The van der Waals surface area contributed by atoms with Crippen molar-refractivity contribution >= 4 is 28.7 Å². The van der Waals surface area contributed by atoms with E-state index >= 15 is 0 Å². The molecule has 1 aliphatic heterocycles. The van der Waals surface area contributed by atoms with Gasteiger partial charge in [-0.1, -0.05) is 12.1 Å². The van der Waals surface area contributed by atoms with Gasteiger partial charge in [0.2, 0.25) is 0 Å². The van der Waals surface area contributed by atoms with Crippen LogP contribution in [0, 0.1) is 0 Å². The van der Waals surface area contributed by atoms with Crippen molar-refractivity contribution in [3.05, 3.63) is 54.1 Å². The van der Waals surface area contributed by atoms with Gasteiger partial charge in [0.25, 0.3) is 0 Å². The molecule has 138 valence electrons. The van der Waals surface area contributed by atoms with Gasteiger partial charge >= 0.3 is 0 Å². The highest BCUT2D eigenvalue weighted by atomic mass is 32.1. The number of nitrogens with zero attached hydrogens (tertiary/aromatic N) is 2. The second kappa shape index (κ2) is 8.87. The lowest BCUT2D eigenvalue weighted by atomic mass is 10.2. The van der Waals surface area contributed by atoms with E-state index in [0.717, 1.165) is 37.6 Å². The predicted octanol–water partition coefficient (Wildman–Crippen LogP) is 2.93. The summed E-state index contributed by atoms with van der Waals surface area (Å²) < 4.78 is 5.16. The van der Waals surface area contributed by atoms with Crippen LogP contribution in [-0.4, -0.2) is 50.3 Å². The number of anilines is 2. The van der Waals surface area contributed by atoms with E-state index in [9.17, 15) is 0 Å². The van der Waals surface area contributed by atoms with Crippen molar-refractivity contribution in [3.63, 3.8) is 0 Å². The smallest absolute Gasteiger partial charge is 0.171 e. The first-order valence-corrected chi connectivity index (χ1v) is 9.26. The summed E-state index contributed by atoms with van der Waals surface area (Å²) in [5.74, 6) is 0.829. The number of benzene rings is 2. The number of rotatable bonds is 5. The molecule has 1 saturated heterocycles. The molecule has 5 nitrogen and oxygen atoms in total. The van der Waals surface area contributed by atoms with Gasteiger partial charge in [0.05, 0.1) is 7.11 Å². The molecule has 0 saturated carbocycles. The zero-order valence-electron chi connectivity index (χ0n) is 15.4. The summed E-state index contributed by atoms with van der Waals surface area (Å²) in [5.41, 5.74) is 3.44. The molecular weight excluding hydrogens is 344 g/mol. The lowest BCUT2D eigenvalue weighted by Crippen LogP contribution is -2.44. The average molecular weight is 371 g/mol. The first-order valence-electron chi connectivity index (χ1n) is 8.85. The summed E-state index contributed by atoms with van der Waals surface area (Å²) in [7, 11) is 3.83. The standard InChI is InChI=1S/C20H26N4OS/c1-23-11-13-24(14-12-23)18-7-3-16(4-8-18)15-21-20(26)22-17-5-9-19(25-2)10-6-17/h3-10H,11-15H2,1-2H3,(H2,21,22,26). The molecular formula is C20H26N4OS. The highest BCUT2D eigenvalue weighted by Gasteiger charge is 2.13. The Morgan fingerprint density at radius 1 is 1.00 bits per heavy atom. The van der Waals surface area contributed by atoms with Gasteiger partial charge in [-0.05, 0) is 61.2 Å². The highest BCUT2D eigenvalue weighted by Crippen LogP contribution is 2.17. The Morgan fingerprint density at radius 3 is 2.27 bits per heavy atom. The average Bonchev–Trinajstić information content (AvgIpc) is 2.68. The van der Waals surface area contributed by atoms with Crippen molar-refractivity contribution in [3.8, 4) is 5.75 Å². The van der Waals surface area contributed by atoms with Crippen LogP contribution in [0.1, 0.15) is 5.56 Å². The zero-order chi connectivity index (χ0) is 18.4. The molecule has 0 radical (unpaired) electrons. The Balaban J connectivity index is 1.47. The molecule has 0 unspecified atom stereocenters. The van der Waals surface area contributed by atoms with Crippen molar-refractivity contribution in [1.82, 2.24) is 10.2 Å². The van der Waals surface area contributed by atoms with E-state index in [1.165, 1.54) is 11.3 Å². The van der Waals surface area contributed by atoms with Gasteiger partial charge < -0.3 is 25.2 Å². The maximum absolute atomic E-state index is 5.37. The summed E-state index contributed by atoms with van der Waals surface area (Å²) in [4.78, 5) is 4.80. The van der Waals surface area contributed by atoms with Gasteiger partial charge in [-0.2, -0.15) is 0 Å². The second-order valence-corrected chi connectivity index (χ2v) is 6.90. The molecule has 2 N–H and O–H groups in total. The highest BCUT2D eigenvalue weighted by molar-refractivity contribution is 7.80. The number of thiocarbonyl (C=S) groups is 1. The van der Waals surface area contributed by atoms with Crippen LogP contribution < -0.4 is 20.3 Å². The van der Waals surface area contributed by atoms with Gasteiger partial charge in [-0.25, -0.2) is 0 Å². The third kappa shape index (κ3) is 5.09. The largest absolute Gasteiger partial charge is 0.497 e. The minimum absolute atomic E-state index is 0.610. The molecule has 26 heavy (non-hydrogen) atoms. The third-order valence-corrected chi connectivity index (χ3v) is 4.85. The Labute approximate surface area is 160 Å². The van der Waals surface area contributed by atoms with E-state index in [1.54, 1.807) is 7.11 Å². The van der Waals surface area contributed by atoms with Crippen LogP contribution in [0.4, 0.5) is 11.4 Å². The van der Waals surface area contributed by atoms with Gasteiger partial charge in [-0.3, -0.25) is 0 Å². The number of hydrogen-bond acceptors (Lipinski definition) is 4. The minimum Gasteiger partial charge on any atom is -0.497 e. The molecule has 6 heteroatoms. The molecule has 0 amide bonds. The maximum Gasteiger partial charge on any atom is 0.171 e.